The Morgan fingerprint density at radius 1 is 1.17 bits per heavy atom. The van der Waals surface area contributed by atoms with E-state index in [0.29, 0.717) is 27.1 Å². The zero-order valence-electron chi connectivity index (χ0n) is 15.2. The van der Waals surface area contributed by atoms with Crippen LogP contribution < -0.4 is 10.6 Å². The van der Waals surface area contributed by atoms with Gasteiger partial charge in [0.1, 0.15) is 11.5 Å². The van der Waals surface area contributed by atoms with Gasteiger partial charge < -0.3 is 15.3 Å². The number of halogens is 1. The molecule has 0 bridgehead atoms. The molecule has 1 aliphatic rings. The Hall–Kier alpha value is -3.07. The minimum atomic E-state index is -1.14. The maximum atomic E-state index is 12.9. The van der Waals surface area contributed by atoms with E-state index < -0.39 is 5.97 Å². The smallest absolute Gasteiger partial charge is 0.335 e. The summed E-state index contributed by atoms with van der Waals surface area (Å²) in [4.78, 5) is 25.9. The van der Waals surface area contributed by atoms with Gasteiger partial charge in [0.25, 0.3) is 5.91 Å². The number of hydrogen-bond acceptors (Lipinski definition) is 6. The van der Waals surface area contributed by atoms with Crippen molar-refractivity contribution in [2.75, 3.05) is 10.6 Å². The zero-order valence-corrected chi connectivity index (χ0v) is 17.6. The van der Waals surface area contributed by atoms with Crippen LogP contribution in [0, 0.1) is 0 Å². The van der Waals surface area contributed by atoms with E-state index >= 15 is 0 Å². The summed E-state index contributed by atoms with van der Waals surface area (Å²) < 4.78 is 6.10. The number of nitrogens with two attached hydrogens (primary N) is 1. The average molecular weight is 457 g/mol. The third kappa shape index (κ3) is 3.97. The number of carbonyl (C=O) groups excluding carboxylic acids is 1. The molecule has 9 heteroatoms. The van der Waals surface area contributed by atoms with Gasteiger partial charge in [0.15, 0.2) is 4.32 Å². The van der Waals surface area contributed by atoms with Crippen molar-refractivity contribution in [2.24, 2.45) is 0 Å². The first kappa shape index (κ1) is 20.2. The Morgan fingerprint density at radius 3 is 2.60 bits per heavy atom. The summed E-state index contributed by atoms with van der Waals surface area (Å²) in [6.07, 6.45) is 1.60. The standard InChI is InChI=1S/C21H13ClN2O4S2/c22-13-3-1-11(2-4-13)17-6-5-16(28-17)10-18-19(25)24(21(29)30-18)15-8-12(20(26)27)7-14(23)9-15/h1-10H,23H2,(H,26,27)/b18-10+. The van der Waals surface area contributed by atoms with E-state index in [1.807, 2.05) is 12.1 Å². The summed E-state index contributed by atoms with van der Waals surface area (Å²) in [6, 6.07) is 14.9. The van der Waals surface area contributed by atoms with E-state index in [0.717, 1.165) is 17.3 Å². The molecule has 1 aromatic heterocycles. The van der Waals surface area contributed by atoms with E-state index in [2.05, 4.69) is 0 Å². The molecule has 2 aromatic carbocycles. The van der Waals surface area contributed by atoms with Crippen molar-refractivity contribution in [3.8, 4) is 11.3 Å². The average Bonchev–Trinajstić information content (AvgIpc) is 3.26. The van der Waals surface area contributed by atoms with E-state index in [1.165, 1.54) is 23.1 Å². The van der Waals surface area contributed by atoms with Gasteiger partial charge in [-0.15, -0.1) is 0 Å². The van der Waals surface area contributed by atoms with E-state index in [4.69, 9.17) is 34.0 Å². The molecule has 0 radical (unpaired) electrons. The molecule has 0 saturated carbocycles. The van der Waals surface area contributed by atoms with Crippen LogP contribution in [0.4, 0.5) is 11.4 Å². The Balaban J connectivity index is 1.63. The van der Waals surface area contributed by atoms with Gasteiger partial charge in [0, 0.05) is 22.3 Å². The molecule has 3 aromatic rings. The molecule has 30 heavy (non-hydrogen) atoms. The van der Waals surface area contributed by atoms with Crippen LogP contribution in [0.1, 0.15) is 16.1 Å². The first-order chi connectivity index (χ1) is 14.3. The number of hydrogen-bond donors (Lipinski definition) is 2. The SMILES string of the molecule is Nc1cc(C(=O)O)cc(N2C(=O)/C(=C\c3ccc(-c4ccc(Cl)cc4)o3)SC2=S)c1. The second-order valence-corrected chi connectivity index (χ2v) is 8.46. The van der Waals surface area contributed by atoms with Gasteiger partial charge in [0.05, 0.1) is 16.2 Å². The highest BCUT2D eigenvalue weighted by Gasteiger charge is 2.34. The van der Waals surface area contributed by atoms with Crippen molar-refractivity contribution in [3.05, 3.63) is 75.8 Å². The van der Waals surface area contributed by atoms with Gasteiger partial charge in [0.2, 0.25) is 0 Å². The van der Waals surface area contributed by atoms with Crippen molar-refractivity contribution >= 4 is 69.2 Å². The molecule has 1 saturated heterocycles. The number of furan rings is 1. The maximum absolute atomic E-state index is 12.9. The molecule has 0 unspecified atom stereocenters. The van der Waals surface area contributed by atoms with E-state index in [1.54, 1.807) is 30.3 Å². The van der Waals surface area contributed by atoms with Gasteiger partial charge in [-0.05, 0) is 54.6 Å². The lowest BCUT2D eigenvalue weighted by Gasteiger charge is -2.15. The number of aromatic carboxylic acids is 1. The normalized spacial score (nSPS) is 15.2. The molecule has 2 heterocycles. The number of anilines is 2. The highest BCUT2D eigenvalue weighted by Crippen LogP contribution is 2.37. The van der Waals surface area contributed by atoms with Gasteiger partial charge in [-0.25, -0.2) is 4.79 Å². The topological polar surface area (TPSA) is 96.8 Å². The molecule has 3 N–H and O–H groups in total. The number of carboxylic acid groups (broad SMARTS) is 1. The molecule has 1 fully saturated rings. The third-order valence-corrected chi connectivity index (χ3v) is 5.82. The van der Waals surface area contributed by atoms with Crippen LogP contribution in [-0.2, 0) is 4.79 Å². The molecule has 1 amide bonds. The summed E-state index contributed by atoms with van der Waals surface area (Å²) in [5.41, 5.74) is 7.15. The number of rotatable bonds is 4. The fraction of sp³-hybridized carbons (Fsp3) is 0. The first-order valence-electron chi connectivity index (χ1n) is 8.59. The van der Waals surface area contributed by atoms with Crippen molar-refractivity contribution in [1.29, 1.82) is 0 Å². The molecule has 4 rings (SSSR count). The summed E-state index contributed by atoms with van der Waals surface area (Å²) >= 11 is 12.3. The van der Waals surface area contributed by atoms with Crippen molar-refractivity contribution < 1.29 is 19.1 Å². The minimum absolute atomic E-state index is 0.0262. The highest BCUT2D eigenvalue weighted by atomic mass is 35.5. The lowest BCUT2D eigenvalue weighted by Crippen LogP contribution is -2.27. The first-order valence-corrected chi connectivity index (χ1v) is 10.2. The number of carbonyl (C=O) groups is 2. The monoisotopic (exact) mass is 456 g/mol. The van der Waals surface area contributed by atoms with E-state index in [-0.39, 0.29) is 21.5 Å². The Kier molecular flexibility index (Phi) is 5.38. The Morgan fingerprint density at radius 2 is 1.90 bits per heavy atom. The number of amides is 1. The second kappa shape index (κ2) is 7.98. The quantitative estimate of drug-likeness (QED) is 0.313. The minimum Gasteiger partial charge on any atom is -0.478 e. The summed E-state index contributed by atoms with van der Waals surface area (Å²) in [6.45, 7) is 0. The largest absolute Gasteiger partial charge is 0.478 e. The number of nitrogens with zero attached hydrogens (tertiary/aromatic N) is 1. The molecular weight excluding hydrogens is 444 g/mol. The van der Waals surface area contributed by atoms with Gasteiger partial charge in [-0.2, -0.15) is 0 Å². The van der Waals surface area contributed by atoms with Crippen molar-refractivity contribution in [3.63, 3.8) is 0 Å². The molecule has 0 aliphatic carbocycles. The van der Waals surface area contributed by atoms with Crippen molar-refractivity contribution in [2.45, 2.75) is 0 Å². The zero-order chi connectivity index (χ0) is 21.4. The van der Waals surface area contributed by atoms with Crippen LogP contribution in [0.2, 0.25) is 5.02 Å². The predicted molar refractivity (Wildman–Crippen MR) is 123 cm³/mol. The fourth-order valence-electron chi connectivity index (χ4n) is 2.91. The number of nitrogen functional groups attached to an aromatic ring is 1. The number of thioether (sulfide) groups is 1. The van der Waals surface area contributed by atoms with Crippen LogP contribution in [0.3, 0.4) is 0 Å². The maximum Gasteiger partial charge on any atom is 0.335 e. The van der Waals surface area contributed by atoms with Crippen molar-refractivity contribution in [1.82, 2.24) is 0 Å². The molecule has 150 valence electrons. The van der Waals surface area contributed by atoms with Crippen LogP contribution >= 0.6 is 35.6 Å². The van der Waals surface area contributed by atoms with Crippen LogP contribution in [0.5, 0.6) is 0 Å². The summed E-state index contributed by atoms with van der Waals surface area (Å²) in [5.74, 6) is -0.402. The summed E-state index contributed by atoms with van der Waals surface area (Å²) in [5, 5.41) is 9.87. The molecule has 0 spiro atoms. The summed E-state index contributed by atoms with van der Waals surface area (Å²) in [7, 11) is 0. The molecule has 1 aliphatic heterocycles. The molecule has 6 nitrogen and oxygen atoms in total. The lowest BCUT2D eigenvalue weighted by molar-refractivity contribution is -0.113. The second-order valence-electron chi connectivity index (χ2n) is 6.34. The van der Waals surface area contributed by atoms with Gasteiger partial charge in [-0.1, -0.05) is 35.6 Å². The van der Waals surface area contributed by atoms with Crippen LogP contribution in [-0.4, -0.2) is 21.3 Å². The van der Waals surface area contributed by atoms with Crippen LogP contribution in [0.25, 0.3) is 17.4 Å². The third-order valence-electron chi connectivity index (χ3n) is 4.27. The van der Waals surface area contributed by atoms with Gasteiger partial charge in [-0.3, -0.25) is 9.69 Å². The lowest BCUT2D eigenvalue weighted by atomic mass is 10.1. The van der Waals surface area contributed by atoms with E-state index in [9.17, 15) is 14.7 Å². The number of carboxylic acids is 1. The Labute approximate surface area is 185 Å². The van der Waals surface area contributed by atoms with Crippen LogP contribution in [0.15, 0.2) is 63.9 Å². The fourth-order valence-corrected chi connectivity index (χ4v) is 4.31. The number of thiocarbonyl (C=S) groups is 1. The van der Waals surface area contributed by atoms with Gasteiger partial charge >= 0.3 is 5.97 Å². The Bertz CT molecular complexity index is 1220. The predicted octanol–water partition coefficient (Wildman–Crippen LogP) is 5.29. The number of benzene rings is 2. The molecule has 0 atom stereocenters. The molecular formula is C21H13ClN2O4S2. The highest BCUT2D eigenvalue weighted by molar-refractivity contribution is 8.27.